The number of unbranched alkanes of at least 4 members (excludes halogenated alkanes) is 6. The van der Waals surface area contributed by atoms with Crippen LogP contribution >= 0.6 is 0 Å². The predicted octanol–water partition coefficient (Wildman–Crippen LogP) is 3.59. The summed E-state index contributed by atoms with van der Waals surface area (Å²) in [5.41, 5.74) is 0. The molecule has 0 aliphatic carbocycles. The second-order valence-corrected chi connectivity index (χ2v) is 5.19. The maximum Gasteiger partial charge on any atom is 0.307 e. The maximum absolute atomic E-state index is 11.4. The van der Waals surface area contributed by atoms with E-state index in [2.05, 4.69) is 19.2 Å². The molecule has 4 heteroatoms. The topological polar surface area (TPSA) is 55.4 Å². The molecular formula is C16H31NO3. The van der Waals surface area contributed by atoms with Crippen molar-refractivity contribution in [2.75, 3.05) is 13.2 Å². The highest BCUT2D eigenvalue weighted by molar-refractivity contribution is 5.76. The van der Waals surface area contributed by atoms with Crippen LogP contribution in [-0.2, 0) is 14.3 Å². The Morgan fingerprint density at radius 1 is 0.850 bits per heavy atom. The largest absolute Gasteiger partial charge is 0.466 e. The van der Waals surface area contributed by atoms with Crippen molar-refractivity contribution >= 4 is 11.9 Å². The van der Waals surface area contributed by atoms with Crippen molar-refractivity contribution < 1.29 is 14.3 Å². The number of nitrogens with one attached hydrogen (secondary N) is 1. The van der Waals surface area contributed by atoms with E-state index in [9.17, 15) is 9.59 Å². The van der Waals surface area contributed by atoms with Crippen LogP contribution in [0, 0.1) is 0 Å². The third-order valence-electron chi connectivity index (χ3n) is 3.17. The molecule has 0 radical (unpaired) electrons. The van der Waals surface area contributed by atoms with E-state index in [0.717, 1.165) is 32.1 Å². The average molecular weight is 285 g/mol. The van der Waals surface area contributed by atoms with E-state index >= 15 is 0 Å². The Kier molecular flexibility index (Phi) is 13.6. The second kappa shape index (κ2) is 14.4. The lowest BCUT2D eigenvalue weighted by molar-refractivity contribution is -0.143. The summed E-state index contributed by atoms with van der Waals surface area (Å²) in [6.45, 7) is 5.18. The SMILES string of the molecule is CCCCCCCOC(=O)CCNC(=O)CCCCC. The summed E-state index contributed by atoms with van der Waals surface area (Å²) in [5, 5.41) is 2.75. The van der Waals surface area contributed by atoms with Gasteiger partial charge in [0, 0.05) is 13.0 Å². The zero-order valence-electron chi connectivity index (χ0n) is 13.2. The van der Waals surface area contributed by atoms with Crippen LogP contribution in [0.2, 0.25) is 0 Å². The molecule has 0 aliphatic heterocycles. The van der Waals surface area contributed by atoms with Crippen molar-refractivity contribution in [2.24, 2.45) is 0 Å². The molecule has 0 aromatic rings. The number of rotatable bonds is 13. The molecule has 1 amide bonds. The first kappa shape index (κ1) is 18.9. The summed E-state index contributed by atoms with van der Waals surface area (Å²) in [4.78, 5) is 22.8. The van der Waals surface area contributed by atoms with Crippen LogP contribution in [0.4, 0.5) is 0 Å². The van der Waals surface area contributed by atoms with E-state index in [4.69, 9.17) is 4.74 Å². The Bertz CT molecular complexity index is 254. The van der Waals surface area contributed by atoms with Gasteiger partial charge in [0.1, 0.15) is 0 Å². The average Bonchev–Trinajstić information content (AvgIpc) is 2.43. The number of amides is 1. The zero-order valence-corrected chi connectivity index (χ0v) is 13.2. The van der Waals surface area contributed by atoms with E-state index < -0.39 is 0 Å². The van der Waals surface area contributed by atoms with Crippen LogP contribution in [0.15, 0.2) is 0 Å². The monoisotopic (exact) mass is 285 g/mol. The summed E-state index contributed by atoms with van der Waals surface area (Å²) in [5.74, 6) is -0.180. The van der Waals surface area contributed by atoms with E-state index in [1.165, 1.54) is 19.3 Å². The number of esters is 1. The predicted molar refractivity (Wildman–Crippen MR) is 81.5 cm³/mol. The first-order chi connectivity index (χ1) is 9.70. The molecule has 0 heterocycles. The van der Waals surface area contributed by atoms with Crippen molar-refractivity contribution in [1.29, 1.82) is 0 Å². The Labute approximate surface area is 123 Å². The van der Waals surface area contributed by atoms with Gasteiger partial charge in [-0.15, -0.1) is 0 Å². The molecular weight excluding hydrogens is 254 g/mol. The van der Waals surface area contributed by atoms with Crippen molar-refractivity contribution in [2.45, 2.75) is 78.1 Å². The minimum Gasteiger partial charge on any atom is -0.466 e. The Balaban J connectivity index is 3.33. The molecule has 0 atom stereocenters. The molecule has 0 aromatic heterocycles. The van der Waals surface area contributed by atoms with Gasteiger partial charge in [0.25, 0.3) is 0 Å². The summed E-state index contributed by atoms with van der Waals surface area (Å²) in [6, 6.07) is 0. The van der Waals surface area contributed by atoms with Gasteiger partial charge in [0.2, 0.25) is 5.91 Å². The summed E-state index contributed by atoms with van der Waals surface area (Å²) >= 11 is 0. The molecule has 0 aliphatic rings. The molecule has 0 rings (SSSR count). The third-order valence-corrected chi connectivity index (χ3v) is 3.17. The van der Waals surface area contributed by atoms with Crippen LogP contribution in [0.3, 0.4) is 0 Å². The lowest BCUT2D eigenvalue weighted by Gasteiger charge is -2.06. The smallest absolute Gasteiger partial charge is 0.307 e. The summed E-state index contributed by atoms with van der Waals surface area (Å²) < 4.78 is 5.11. The number of carbonyl (C=O) groups excluding carboxylic acids is 2. The van der Waals surface area contributed by atoms with Crippen LogP contribution in [0.25, 0.3) is 0 Å². The molecule has 0 bridgehead atoms. The fraction of sp³-hybridized carbons (Fsp3) is 0.875. The van der Waals surface area contributed by atoms with Crippen molar-refractivity contribution in [3.05, 3.63) is 0 Å². The second-order valence-electron chi connectivity index (χ2n) is 5.19. The minimum absolute atomic E-state index is 0.0332. The molecule has 0 fully saturated rings. The lowest BCUT2D eigenvalue weighted by Crippen LogP contribution is -2.26. The first-order valence-corrected chi connectivity index (χ1v) is 8.13. The van der Waals surface area contributed by atoms with Gasteiger partial charge >= 0.3 is 5.97 Å². The van der Waals surface area contributed by atoms with Gasteiger partial charge in [0.15, 0.2) is 0 Å². The van der Waals surface area contributed by atoms with Gasteiger partial charge in [-0.25, -0.2) is 0 Å². The molecule has 118 valence electrons. The normalized spacial score (nSPS) is 10.3. The Morgan fingerprint density at radius 2 is 1.50 bits per heavy atom. The van der Waals surface area contributed by atoms with Crippen LogP contribution in [-0.4, -0.2) is 25.0 Å². The highest BCUT2D eigenvalue weighted by atomic mass is 16.5. The van der Waals surface area contributed by atoms with Gasteiger partial charge in [-0.05, 0) is 12.8 Å². The third kappa shape index (κ3) is 13.4. The molecule has 1 N–H and O–H groups in total. The van der Waals surface area contributed by atoms with Crippen molar-refractivity contribution in [1.82, 2.24) is 5.32 Å². The Hall–Kier alpha value is -1.06. The quantitative estimate of drug-likeness (QED) is 0.415. The molecule has 0 unspecified atom stereocenters. The molecule has 4 nitrogen and oxygen atoms in total. The Morgan fingerprint density at radius 3 is 2.20 bits per heavy atom. The van der Waals surface area contributed by atoms with Gasteiger partial charge in [0.05, 0.1) is 13.0 Å². The number of hydrogen-bond acceptors (Lipinski definition) is 3. The fourth-order valence-corrected chi connectivity index (χ4v) is 1.89. The fourth-order valence-electron chi connectivity index (χ4n) is 1.89. The molecule has 20 heavy (non-hydrogen) atoms. The van der Waals surface area contributed by atoms with E-state index in [1.54, 1.807) is 0 Å². The number of hydrogen-bond donors (Lipinski definition) is 1. The number of ether oxygens (including phenoxy) is 1. The zero-order chi connectivity index (χ0) is 15.1. The maximum atomic E-state index is 11.4. The van der Waals surface area contributed by atoms with E-state index in [0.29, 0.717) is 19.6 Å². The van der Waals surface area contributed by atoms with E-state index in [1.807, 2.05) is 0 Å². The van der Waals surface area contributed by atoms with Crippen molar-refractivity contribution in [3.63, 3.8) is 0 Å². The minimum atomic E-state index is -0.214. The molecule has 0 saturated heterocycles. The molecule has 0 aromatic carbocycles. The number of carbonyl (C=O) groups is 2. The van der Waals surface area contributed by atoms with Crippen LogP contribution < -0.4 is 5.32 Å². The standard InChI is InChI=1S/C16H31NO3/c1-3-5-7-8-10-14-20-16(19)12-13-17-15(18)11-9-6-4-2/h3-14H2,1-2H3,(H,17,18). The van der Waals surface area contributed by atoms with Crippen LogP contribution in [0.1, 0.15) is 78.1 Å². The van der Waals surface area contributed by atoms with Crippen molar-refractivity contribution in [3.8, 4) is 0 Å². The van der Waals surface area contributed by atoms with Gasteiger partial charge in [-0.2, -0.15) is 0 Å². The van der Waals surface area contributed by atoms with Crippen LogP contribution in [0.5, 0.6) is 0 Å². The molecule has 0 saturated carbocycles. The van der Waals surface area contributed by atoms with E-state index in [-0.39, 0.29) is 18.3 Å². The summed E-state index contributed by atoms with van der Waals surface area (Å²) in [7, 11) is 0. The van der Waals surface area contributed by atoms with Gasteiger partial charge in [-0.3, -0.25) is 9.59 Å². The first-order valence-electron chi connectivity index (χ1n) is 8.13. The highest BCUT2D eigenvalue weighted by Crippen LogP contribution is 2.02. The van der Waals surface area contributed by atoms with Gasteiger partial charge in [-0.1, -0.05) is 52.4 Å². The van der Waals surface area contributed by atoms with Gasteiger partial charge < -0.3 is 10.1 Å². The highest BCUT2D eigenvalue weighted by Gasteiger charge is 2.04. The molecule has 0 spiro atoms. The lowest BCUT2D eigenvalue weighted by atomic mass is 10.2. The summed E-state index contributed by atoms with van der Waals surface area (Å²) in [6.07, 6.45) is 9.67.